The van der Waals surface area contributed by atoms with Gasteiger partial charge in [-0.25, -0.2) is 0 Å². The molecule has 5 heteroatoms. The Morgan fingerprint density at radius 3 is 2.48 bits per heavy atom. The van der Waals surface area contributed by atoms with Gasteiger partial charge in [-0.3, -0.25) is 4.79 Å². The van der Waals surface area contributed by atoms with Crippen LogP contribution in [0.2, 0.25) is 0 Å². The topological polar surface area (TPSA) is 67.8 Å². The maximum Gasteiger partial charge on any atom is 0.255 e. The molecule has 0 saturated heterocycles. The fourth-order valence-corrected chi connectivity index (χ4v) is 2.10. The van der Waals surface area contributed by atoms with Gasteiger partial charge in [-0.2, -0.15) is 0 Å². The van der Waals surface area contributed by atoms with Crippen LogP contribution in [-0.4, -0.2) is 24.2 Å². The van der Waals surface area contributed by atoms with Gasteiger partial charge in [-0.1, -0.05) is 6.07 Å². The molecule has 0 aromatic heterocycles. The van der Waals surface area contributed by atoms with Crippen LogP contribution in [0.5, 0.6) is 17.2 Å². The maximum absolute atomic E-state index is 12.3. The summed E-state index contributed by atoms with van der Waals surface area (Å²) in [6.07, 6.45) is 0.00748. The number of aromatic hydroxyl groups is 1. The molecular weight excluding hydrogens is 294 g/mol. The van der Waals surface area contributed by atoms with Crippen molar-refractivity contribution in [3.05, 3.63) is 47.5 Å². The lowest BCUT2D eigenvalue weighted by atomic mass is 10.1. The fourth-order valence-electron chi connectivity index (χ4n) is 2.10. The minimum absolute atomic E-state index is 0.00748. The molecule has 0 saturated carbocycles. The van der Waals surface area contributed by atoms with Crippen LogP contribution >= 0.6 is 0 Å². The molecule has 0 heterocycles. The zero-order valence-electron chi connectivity index (χ0n) is 13.7. The molecule has 5 nitrogen and oxygen atoms in total. The lowest BCUT2D eigenvalue weighted by molar-refractivity contribution is 0.102. The SMILES string of the molecule is COc1cc(C(=O)Nc2ccc(C)cc2O)ccc1OC(C)C. The summed E-state index contributed by atoms with van der Waals surface area (Å²) in [4.78, 5) is 12.3. The van der Waals surface area contributed by atoms with Crippen molar-refractivity contribution in [2.45, 2.75) is 26.9 Å². The molecule has 2 aromatic rings. The smallest absolute Gasteiger partial charge is 0.255 e. The van der Waals surface area contributed by atoms with Gasteiger partial charge in [0.2, 0.25) is 0 Å². The first kappa shape index (κ1) is 16.7. The number of aryl methyl sites for hydroxylation is 1. The van der Waals surface area contributed by atoms with Crippen LogP contribution in [-0.2, 0) is 0 Å². The lowest BCUT2D eigenvalue weighted by Crippen LogP contribution is -2.13. The molecule has 0 fully saturated rings. The van der Waals surface area contributed by atoms with E-state index >= 15 is 0 Å². The van der Waals surface area contributed by atoms with E-state index in [0.29, 0.717) is 22.7 Å². The highest BCUT2D eigenvalue weighted by Crippen LogP contribution is 2.30. The van der Waals surface area contributed by atoms with Crippen molar-refractivity contribution in [2.24, 2.45) is 0 Å². The Morgan fingerprint density at radius 1 is 1.13 bits per heavy atom. The first-order valence-electron chi connectivity index (χ1n) is 7.36. The number of phenolic OH excluding ortho intramolecular Hbond substituents is 1. The molecule has 0 bridgehead atoms. The van der Waals surface area contributed by atoms with Gasteiger partial charge in [-0.05, 0) is 56.7 Å². The number of benzene rings is 2. The normalized spacial score (nSPS) is 10.5. The Labute approximate surface area is 135 Å². The van der Waals surface area contributed by atoms with E-state index in [4.69, 9.17) is 9.47 Å². The number of anilines is 1. The highest BCUT2D eigenvalue weighted by atomic mass is 16.5. The molecule has 2 aromatic carbocycles. The number of ether oxygens (including phenoxy) is 2. The zero-order valence-corrected chi connectivity index (χ0v) is 13.7. The Hall–Kier alpha value is -2.69. The van der Waals surface area contributed by atoms with Crippen LogP contribution in [0.4, 0.5) is 5.69 Å². The van der Waals surface area contributed by atoms with E-state index in [-0.39, 0.29) is 17.8 Å². The van der Waals surface area contributed by atoms with Crippen molar-refractivity contribution < 1.29 is 19.4 Å². The minimum atomic E-state index is -0.335. The number of amides is 1. The van der Waals surface area contributed by atoms with Crippen LogP contribution in [0.25, 0.3) is 0 Å². The molecular formula is C18H21NO4. The van der Waals surface area contributed by atoms with E-state index in [1.165, 1.54) is 7.11 Å². The molecule has 122 valence electrons. The summed E-state index contributed by atoms with van der Waals surface area (Å²) >= 11 is 0. The number of hydrogen-bond acceptors (Lipinski definition) is 4. The van der Waals surface area contributed by atoms with E-state index in [1.807, 2.05) is 26.8 Å². The highest BCUT2D eigenvalue weighted by molar-refractivity contribution is 6.05. The fraction of sp³-hybridized carbons (Fsp3) is 0.278. The third kappa shape index (κ3) is 4.16. The first-order valence-corrected chi connectivity index (χ1v) is 7.36. The Bertz CT molecular complexity index is 710. The van der Waals surface area contributed by atoms with Crippen LogP contribution in [0.1, 0.15) is 29.8 Å². The van der Waals surface area contributed by atoms with Crippen molar-refractivity contribution in [1.82, 2.24) is 0 Å². The van der Waals surface area contributed by atoms with Gasteiger partial charge in [0.15, 0.2) is 11.5 Å². The summed E-state index contributed by atoms with van der Waals surface area (Å²) in [5.41, 5.74) is 1.69. The average molecular weight is 315 g/mol. The monoisotopic (exact) mass is 315 g/mol. The number of rotatable bonds is 5. The zero-order chi connectivity index (χ0) is 17.0. The third-order valence-corrected chi connectivity index (χ3v) is 3.19. The summed E-state index contributed by atoms with van der Waals surface area (Å²) in [6, 6.07) is 10.0. The van der Waals surface area contributed by atoms with Gasteiger partial charge in [0.1, 0.15) is 5.75 Å². The largest absolute Gasteiger partial charge is 0.506 e. The van der Waals surface area contributed by atoms with Crippen molar-refractivity contribution in [3.63, 3.8) is 0 Å². The van der Waals surface area contributed by atoms with Crippen molar-refractivity contribution in [1.29, 1.82) is 0 Å². The number of hydrogen-bond donors (Lipinski definition) is 2. The van der Waals surface area contributed by atoms with Gasteiger partial charge in [0.05, 0.1) is 18.9 Å². The molecule has 0 spiro atoms. The predicted octanol–water partition coefficient (Wildman–Crippen LogP) is 3.75. The quantitative estimate of drug-likeness (QED) is 0.825. The van der Waals surface area contributed by atoms with Gasteiger partial charge in [0, 0.05) is 5.56 Å². The number of phenols is 1. The highest BCUT2D eigenvalue weighted by Gasteiger charge is 2.13. The second-order valence-electron chi connectivity index (χ2n) is 5.51. The molecule has 1 amide bonds. The van der Waals surface area contributed by atoms with Gasteiger partial charge >= 0.3 is 0 Å². The molecule has 2 rings (SSSR count). The number of methoxy groups -OCH3 is 1. The van der Waals surface area contributed by atoms with Crippen LogP contribution in [0.15, 0.2) is 36.4 Å². The molecule has 0 aliphatic heterocycles. The lowest BCUT2D eigenvalue weighted by Gasteiger charge is -2.14. The molecule has 0 aliphatic rings. The van der Waals surface area contributed by atoms with E-state index < -0.39 is 0 Å². The second kappa shape index (κ2) is 7.05. The summed E-state index contributed by atoms with van der Waals surface area (Å²) in [5.74, 6) is 0.764. The number of carbonyl (C=O) groups excluding carboxylic acids is 1. The first-order chi connectivity index (χ1) is 10.9. The van der Waals surface area contributed by atoms with Crippen molar-refractivity contribution in [3.8, 4) is 17.2 Å². The third-order valence-electron chi connectivity index (χ3n) is 3.19. The number of nitrogens with one attached hydrogen (secondary N) is 1. The average Bonchev–Trinajstić information content (AvgIpc) is 2.49. The second-order valence-corrected chi connectivity index (χ2v) is 5.51. The maximum atomic E-state index is 12.3. The van der Waals surface area contributed by atoms with Crippen molar-refractivity contribution in [2.75, 3.05) is 12.4 Å². The number of carbonyl (C=O) groups is 1. The molecule has 0 radical (unpaired) electrons. The molecule has 2 N–H and O–H groups in total. The summed E-state index contributed by atoms with van der Waals surface area (Å²) < 4.78 is 10.9. The van der Waals surface area contributed by atoms with Crippen molar-refractivity contribution >= 4 is 11.6 Å². The van der Waals surface area contributed by atoms with Crippen LogP contribution in [0.3, 0.4) is 0 Å². The minimum Gasteiger partial charge on any atom is -0.506 e. The Balaban J connectivity index is 2.22. The predicted molar refractivity (Wildman–Crippen MR) is 89.6 cm³/mol. The van der Waals surface area contributed by atoms with Crippen LogP contribution in [0, 0.1) is 6.92 Å². The van der Waals surface area contributed by atoms with Gasteiger partial charge in [0.25, 0.3) is 5.91 Å². The standard InChI is InChI=1S/C18H21NO4/c1-11(2)23-16-8-6-13(10-17(16)22-4)18(21)19-14-7-5-12(3)9-15(14)20/h5-11,20H,1-4H3,(H,19,21). The summed E-state index contributed by atoms with van der Waals surface area (Å²) in [6.45, 7) is 5.70. The molecule has 0 aliphatic carbocycles. The summed E-state index contributed by atoms with van der Waals surface area (Å²) in [5, 5.41) is 12.6. The van der Waals surface area contributed by atoms with E-state index in [1.54, 1.807) is 30.3 Å². The molecule has 23 heavy (non-hydrogen) atoms. The van der Waals surface area contributed by atoms with E-state index in [2.05, 4.69) is 5.32 Å². The Kier molecular flexibility index (Phi) is 5.11. The molecule has 0 unspecified atom stereocenters. The van der Waals surface area contributed by atoms with Gasteiger partial charge in [-0.15, -0.1) is 0 Å². The Morgan fingerprint density at radius 2 is 1.87 bits per heavy atom. The van der Waals surface area contributed by atoms with Crippen LogP contribution < -0.4 is 14.8 Å². The van der Waals surface area contributed by atoms with E-state index in [9.17, 15) is 9.90 Å². The molecule has 0 atom stereocenters. The van der Waals surface area contributed by atoms with E-state index in [0.717, 1.165) is 5.56 Å². The summed E-state index contributed by atoms with van der Waals surface area (Å²) in [7, 11) is 1.52. The van der Waals surface area contributed by atoms with Gasteiger partial charge < -0.3 is 19.9 Å².